The van der Waals surface area contributed by atoms with Crippen molar-refractivity contribution >= 4 is 34.8 Å². The van der Waals surface area contributed by atoms with Gasteiger partial charge in [-0.1, -0.05) is 23.2 Å². The molecule has 0 aliphatic carbocycles. The van der Waals surface area contributed by atoms with E-state index in [9.17, 15) is 19.8 Å². The van der Waals surface area contributed by atoms with Gasteiger partial charge in [-0.3, -0.25) is 9.59 Å². The molecule has 0 saturated carbocycles. The third-order valence-corrected chi connectivity index (χ3v) is 2.93. The Balaban J connectivity index is 2.39. The summed E-state index contributed by atoms with van der Waals surface area (Å²) >= 11 is 11.4. The number of phenolic OH excluding ortho intramolecular Hbond substituents is 2. The van der Waals surface area contributed by atoms with Crippen LogP contribution in [0.2, 0.25) is 10.0 Å². The number of aromatic hydroxyl groups is 2. The molecule has 6 heteroatoms. The maximum absolute atomic E-state index is 12.0. The lowest BCUT2D eigenvalue weighted by molar-refractivity contribution is 0.0816. The number of rotatable bonds is 3. The third kappa shape index (κ3) is 3.10. The number of benzene rings is 2. The van der Waals surface area contributed by atoms with Gasteiger partial charge in [-0.25, -0.2) is 0 Å². The lowest BCUT2D eigenvalue weighted by Crippen LogP contribution is -2.14. The molecule has 0 spiro atoms. The molecule has 0 radical (unpaired) electrons. The van der Waals surface area contributed by atoms with Crippen molar-refractivity contribution in [2.75, 3.05) is 0 Å². The number of Topliss-reactive ketones (excluding diaryl/α,β-unsaturated/α-hetero) is 2. The van der Waals surface area contributed by atoms with E-state index in [0.717, 1.165) is 12.1 Å². The van der Waals surface area contributed by atoms with Gasteiger partial charge >= 0.3 is 0 Å². The van der Waals surface area contributed by atoms with E-state index >= 15 is 0 Å². The van der Waals surface area contributed by atoms with Crippen molar-refractivity contribution in [3.63, 3.8) is 0 Å². The van der Waals surface area contributed by atoms with Crippen LogP contribution in [0.15, 0.2) is 36.4 Å². The van der Waals surface area contributed by atoms with Crippen LogP contribution in [0.25, 0.3) is 0 Å². The van der Waals surface area contributed by atoms with Crippen LogP contribution in [0.3, 0.4) is 0 Å². The largest absolute Gasteiger partial charge is 0.508 e. The SMILES string of the molecule is O=C(C(=O)c1cc(O)cc(Cl)c1)c1cc(O)cc(Cl)c1. The van der Waals surface area contributed by atoms with E-state index in [1.54, 1.807) is 0 Å². The average Bonchev–Trinajstić information content (AvgIpc) is 2.34. The second-order valence-electron chi connectivity index (χ2n) is 4.05. The second-order valence-corrected chi connectivity index (χ2v) is 4.93. The first-order valence-electron chi connectivity index (χ1n) is 5.45. The van der Waals surface area contributed by atoms with Crippen LogP contribution >= 0.6 is 23.2 Å². The molecular weight excluding hydrogens is 303 g/mol. The highest BCUT2D eigenvalue weighted by Crippen LogP contribution is 2.23. The third-order valence-electron chi connectivity index (χ3n) is 2.50. The van der Waals surface area contributed by atoms with Crippen LogP contribution < -0.4 is 0 Å². The fourth-order valence-electron chi connectivity index (χ4n) is 1.67. The van der Waals surface area contributed by atoms with Crippen molar-refractivity contribution in [3.05, 3.63) is 57.6 Å². The van der Waals surface area contributed by atoms with Gasteiger partial charge in [-0.2, -0.15) is 0 Å². The van der Waals surface area contributed by atoms with Gasteiger partial charge in [0.1, 0.15) is 11.5 Å². The molecule has 2 aromatic rings. The van der Waals surface area contributed by atoms with E-state index in [4.69, 9.17) is 23.2 Å². The lowest BCUT2D eigenvalue weighted by Gasteiger charge is -2.04. The molecule has 0 aromatic heterocycles. The summed E-state index contributed by atoms with van der Waals surface area (Å²) in [4.78, 5) is 24.1. The van der Waals surface area contributed by atoms with Crippen LogP contribution in [0, 0.1) is 0 Å². The Morgan fingerprint density at radius 2 is 1.05 bits per heavy atom. The summed E-state index contributed by atoms with van der Waals surface area (Å²) in [6, 6.07) is 7.30. The minimum atomic E-state index is -0.857. The topological polar surface area (TPSA) is 74.6 Å². The maximum atomic E-state index is 12.0. The zero-order valence-electron chi connectivity index (χ0n) is 9.93. The monoisotopic (exact) mass is 310 g/mol. The van der Waals surface area contributed by atoms with Gasteiger partial charge in [-0.15, -0.1) is 0 Å². The van der Waals surface area contributed by atoms with Crippen molar-refractivity contribution in [1.29, 1.82) is 0 Å². The Hall–Kier alpha value is -2.04. The van der Waals surface area contributed by atoms with Gasteiger partial charge in [-0.05, 0) is 36.4 Å². The van der Waals surface area contributed by atoms with Gasteiger partial charge in [0, 0.05) is 21.2 Å². The number of hydrogen-bond donors (Lipinski definition) is 2. The summed E-state index contributed by atoms with van der Waals surface area (Å²) in [7, 11) is 0. The molecular formula is C14H8Cl2O4. The Morgan fingerprint density at radius 1 is 0.700 bits per heavy atom. The van der Waals surface area contributed by atoms with Crippen LogP contribution in [0.1, 0.15) is 20.7 Å². The summed E-state index contributed by atoms with van der Waals surface area (Å²) in [5.41, 5.74) is -0.0843. The van der Waals surface area contributed by atoms with Crippen LogP contribution in [0.4, 0.5) is 0 Å². The molecule has 102 valence electrons. The van der Waals surface area contributed by atoms with Crippen molar-refractivity contribution in [3.8, 4) is 11.5 Å². The first-order valence-corrected chi connectivity index (χ1v) is 6.20. The van der Waals surface area contributed by atoms with Crippen molar-refractivity contribution in [2.45, 2.75) is 0 Å². The standard InChI is InChI=1S/C14H8Cl2O4/c15-9-1-7(3-11(17)5-9)13(19)14(20)8-2-10(16)6-12(18)4-8/h1-6,17-18H. The number of halogens is 2. The molecule has 0 bridgehead atoms. The molecule has 0 unspecified atom stereocenters. The van der Waals surface area contributed by atoms with E-state index in [0.29, 0.717) is 0 Å². The number of carbonyl (C=O) groups is 2. The van der Waals surface area contributed by atoms with Gasteiger partial charge < -0.3 is 10.2 Å². The smallest absolute Gasteiger partial charge is 0.233 e. The van der Waals surface area contributed by atoms with Gasteiger partial charge in [0.05, 0.1) is 0 Å². The van der Waals surface area contributed by atoms with Crippen molar-refractivity contribution in [1.82, 2.24) is 0 Å². The molecule has 0 saturated heterocycles. The summed E-state index contributed by atoms with van der Waals surface area (Å²) in [6.45, 7) is 0. The van der Waals surface area contributed by atoms with Crippen LogP contribution in [-0.2, 0) is 0 Å². The highest BCUT2D eigenvalue weighted by molar-refractivity contribution is 6.50. The number of ketones is 2. The minimum absolute atomic E-state index is 0.0422. The Bertz CT molecular complexity index is 608. The molecule has 20 heavy (non-hydrogen) atoms. The molecule has 0 aliphatic heterocycles. The molecule has 4 nitrogen and oxygen atoms in total. The molecule has 0 fully saturated rings. The zero-order chi connectivity index (χ0) is 14.9. The number of hydrogen-bond acceptors (Lipinski definition) is 4. The highest BCUT2D eigenvalue weighted by Gasteiger charge is 2.20. The molecule has 0 heterocycles. The Morgan fingerprint density at radius 3 is 1.35 bits per heavy atom. The summed E-state index contributed by atoms with van der Waals surface area (Å²) < 4.78 is 0. The summed E-state index contributed by atoms with van der Waals surface area (Å²) in [5, 5.41) is 19.0. The fraction of sp³-hybridized carbons (Fsp3) is 0. The predicted octanol–water partition coefficient (Wildman–Crippen LogP) is 3.47. The van der Waals surface area contributed by atoms with E-state index in [1.165, 1.54) is 24.3 Å². The van der Waals surface area contributed by atoms with Gasteiger partial charge in [0.25, 0.3) is 0 Å². The predicted molar refractivity (Wildman–Crippen MR) is 74.9 cm³/mol. The van der Waals surface area contributed by atoms with Crippen molar-refractivity contribution < 1.29 is 19.8 Å². The number of carbonyl (C=O) groups excluding carboxylic acids is 2. The first-order chi connectivity index (χ1) is 9.36. The summed E-state index contributed by atoms with van der Waals surface area (Å²) in [6.07, 6.45) is 0. The van der Waals surface area contributed by atoms with E-state index < -0.39 is 11.6 Å². The average molecular weight is 311 g/mol. The maximum Gasteiger partial charge on any atom is 0.233 e. The minimum Gasteiger partial charge on any atom is -0.508 e. The normalized spacial score (nSPS) is 10.3. The van der Waals surface area contributed by atoms with E-state index in [-0.39, 0.29) is 32.7 Å². The van der Waals surface area contributed by atoms with Crippen molar-refractivity contribution in [2.24, 2.45) is 0 Å². The van der Waals surface area contributed by atoms with Gasteiger partial charge in [0.2, 0.25) is 11.6 Å². The lowest BCUT2D eigenvalue weighted by atomic mass is 10.0. The molecule has 0 aliphatic rings. The molecule has 2 N–H and O–H groups in total. The summed E-state index contributed by atoms with van der Waals surface area (Å²) in [5.74, 6) is -2.15. The van der Waals surface area contributed by atoms with E-state index in [2.05, 4.69) is 0 Å². The second kappa shape index (κ2) is 5.53. The molecule has 0 amide bonds. The van der Waals surface area contributed by atoms with Crippen LogP contribution in [0.5, 0.6) is 11.5 Å². The Labute approximate surface area is 124 Å². The van der Waals surface area contributed by atoms with Crippen LogP contribution in [-0.4, -0.2) is 21.8 Å². The first kappa shape index (κ1) is 14.4. The van der Waals surface area contributed by atoms with Gasteiger partial charge in [0.15, 0.2) is 0 Å². The fourth-order valence-corrected chi connectivity index (χ4v) is 2.13. The quantitative estimate of drug-likeness (QED) is 0.672. The highest BCUT2D eigenvalue weighted by atomic mass is 35.5. The van der Waals surface area contributed by atoms with E-state index in [1.807, 2.05) is 0 Å². The Kier molecular flexibility index (Phi) is 3.97. The molecule has 0 atom stereocenters. The number of phenols is 2. The zero-order valence-corrected chi connectivity index (χ0v) is 11.4. The molecule has 2 rings (SSSR count). The molecule has 2 aromatic carbocycles.